The lowest BCUT2D eigenvalue weighted by atomic mass is 10.1. The molecule has 0 fully saturated rings. The molecule has 0 bridgehead atoms. The van der Waals surface area contributed by atoms with Crippen LogP contribution in [0.5, 0.6) is 0 Å². The van der Waals surface area contributed by atoms with Gasteiger partial charge >= 0.3 is 36.4 Å². The summed E-state index contributed by atoms with van der Waals surface area (Å²) in [5.74, 6) is -8.93. The third kappa shape index (κ3) is 6.50. The van der Waals surface area contributed by atoms with Gasteiger partial charge in [0.15, 0.2) is 0 Å². The Bertz CT molecular complexity index is 587. The molecule has 6 nitrogen and oxygen atoms in total. The molecule has 1 amide bonds. The van der Waals surface area contributed by atoms with Crippen LogP contribution < -0.4 is 5.32 Å². The molecule has 15 heteroatoms. The summed E-state index contributed by atoms with van der Waals surface area (Å²) >= 11 is 0. The number of hydrogen-bond acceptors (Lipinski definition) is 4. The summed E-state index contributed by atoms with van der Waals surface area (Å²) < 4.78 is 113. The van der Waals surface area contributed by atoms with Gasteiger partial charge in [-0.1, -0.05) is 0 Å². The summed E-state index contributed by atoms with van der Waals surface area (Å²) in [6.45, 7) is 0.113. The van der Waals surface area contributed by atoms with E-state index in [2.05, 4.69) is 4.74 Å². The van der Waals surface area contributed by atoms with E-state index in [1.807, 2.05) is 0 Å². The molecule has 144 valence electrons. The van der Waals surface area contributed by atoms with Crippen molar-refractivity contribution in [2.45, 2.75) is 31.6 Å². The summed E-state index contributed by atoms with van der Waals surface area (Å²) in [5.41, 5.74) is -3.88. The van der Waals surface area contributed by atoms with Crippen LogP contribution in [0.2, 0.25) is 0 Å². The van der Waals surface area contributed by atoms with Crippen LogP contribution in [0.4, 0.5) is 39.5 Å². The minimum Gasteiger partial charge on any atom is -0.477 e. The lowest BCUT2D eigenvalue weighted by Crippen LogP contribution is -2.43. The van der Waals surface area contributed by atoms with Crippen molar-refractivity contribution < 1.29 is 63.7 Å². The van der Waals surface area contributed by atoms with E-state index in [0.717, 1.165) is 0 Å². The molecule has 0 heterocycles. The first-order valence-corrected chi connectivity index (χ1v) is 5.55. The van der Waals surface area contributed by atoms with Crippen LogP contribution in [-0.2, 0) is 19.1 Å². The molecule has 0 unspecified atom stereocenters. The average molecular weight is 391 g/mol. The molecule has 0 aliphatic heterocycles. The van der Waals surface area contributed by atoms with Crippen molar-refractivity contribution in [3.8, 4) is 0 Å². The van der Waals surface area contributed by atoms with Gasteiger partial charge in [-0.3, -0.25) is 4.79 Å². The van der Waals surface area contributed by atoms with E-state index < -0.39 is 53.7 Å². The van der Waals surface area contributed by atoms with Gasteiger partial charge in [-0.15, -0.1) is 0 Å². The molecule has 25 heavy (non-hydrogen) atoms. The Morgan fingerprint density at radius 1 is 0.920 bits per heavy atom. The highest BCUT2D eigenvalue weighted by molar-refractivity contribution is 5.95. The summed E-state index contributed by atoms with van der Waals surface area (Å²) in [4.78, 5) is 31.9. The summed E-state index contributed by atoms with van der Waals surface area (Å²) in [6.07, 6.45) is -21.3. The first-order chi connectivity index (χ1) is 10.9. The molecule has 0 aromatic heterocycles. The van der Waals surface area contributed by atoms with Crippen LogP contribution in [0.3, 0.4) is 0 Å². The van der Waals surface area contributed by atoms with Gasteiger partial charge in [-0.2, -0.15) is 39.5 Å². The summed E-state index contributed by atoms with van der Waals surface area (Å²) in [6, 6.07) is 0. The fourth-order valence-corrected chi connectivity index (χ4v) is 1.21. The van der Waals surface area contributed by atoms with Gasteiger partial charge < -0.3 is 15.2 Å². The molecular formula is C10H6F9NO5. The smallest absolute Gasteiger partial charge is 0.477 e. The maximum absolute atomic E-state index is 12.7. The fourth-order valence-electron chi connectivity index (χ4n) is 1.21. The van der Waals surface area contributed by atoms with E-state index in [4.69, 9.17) is 5.11 Å². The molecule has 0 rings (SSSR count). The predicted octanol–water partition coefficient (Wildman–Crippen LogP) is 2.06. The normalized spacial score (nSPS) is 15.1. The second-order valence-corrected chi connectivity index (χ2v) is 4.14. The summed E-state index contributed by atoms with van der Waals surface area (Å²) in [7, 11) is 0. The van der Waals surface area contributed by atoms with E-state index in [9.17, 15) is 53.9 Å². The van der Waals surface area contributed by atoms with E-state index >= 15 is 0 Å². The summed E-state index contributed by atoms with van der Waals surface area (Å²) in [5, 5.41) is 9.16. The monoisotopic (exact) mass is 391 g/mol. The number of aliphatic carboxylic acids is 1. The number of carboxylic acid groups (broad SMARTS) is 1. The van der Waals surface area contributed by atoms with Gasteiger partial charge in [0.25, 0.3) is 0 Å². The number of amides is 1. The molecule has 0 aromatic carbocycles. The zero-order valence-corrected chi connectivity index (χ0v) is 11.6. The second kappa shape index (κ2) is 7.18. The number of carbonyl (C=O) groups excluding carboxylic acids is 2. The lowest BCUT2D eigenvalue weighted by Gasteiger charge is -2.23. The third-order valence-electron chi connectivity index (χ3n) is 2.25. The SMILES string of the molecule is C/C(=C(\NC(=O)C(F)(F)F)C(=O)O)[C@@H](OC(=O)C(F)(F)F)C(F)(F)F. The predicted molar refractivity (Wildman–Crippen MR) is 56.5 cm³/mol. The van der Waals surface area contributed by atoms with Gasteiger partial charge in [-0.05, 0) is 6.92 Å². The molecule has 0 saturated carbocycles. The van der Waals surface area contributed by atoms with Crippen molar-refractivity contribution in [3.63, 3.8) is 0 Å². The Kier molecular flexibility index (Phi) is 6.47. The van der Waals surface area contributed by atoms with E-state index in [0.29, 0.717) is 5.32 Å². The zero-order chi connectivity index (χ0) is 20.4. The number of alkyl halides is 9. The number of carboxylic acids is 1. The first kappa shape index (κ1) is 22.5. The van der Waals surface area contributed by atoms with Crippen LogP contribution in [-0.4, -0.2) is 47.6 Å². The van der Waals surface area contributed by atoms with Crippen LogP contribution in [0.25, 0.3) is 0 Å². The number of ether oxygens (including phenoxy) is 1. The van der Waals surface area contributed by atoms with Crippen LogP contribution in [0, 0.1) is 0 Å². The first-order valence-electron chi connectivity index (χ1n) is 5.55. The molecule has 1 atom stereocenters. The zero-order valence-electron chi connectivity index (χ0n) is 11.6. The molecule has 0 aromatic rings. The quantitative estimate of drug-likeness (QED) is 0.435. The molecule has 0 spiro atoms. The van der Waals surface area contributed by atoms with Crippen LogP contribution in [0.1, 0.15) is 6.92 Å². The minimum absolute atomic E-state index is 0.113. The van der Waals surface area contributed by atoms with Crippen LogP contribution >= 0.6 is 0 Å². The highest BCUT2D eigenvalue weighted by atomic mass is 19.4. The van der Waals surface area contributed by atoms with Gasteiger partial charge in [0.05, 0.1) is 0 Å². The van der Waals surface area contributed by atoms with E-state index in [1.165, 1.54) is 0 Å². The number of rotatable bonds is 4. The number of hydrogen-bond donors (Lipinski definition) is 2. The molecular weight excluding hydrogens is 385 g/mol. The molecule has 0 saturated heterocycles. The Morgan fingerprint density at radius 2 is 1.36 bits per heavy atom. The molecule has 2 N–H and O–H groups in total. The van der Waals surface area contributed by atoms with Crippen molar-refractivity contribution in [2.24, 2.45) is 0 Å². The van der Waals surface area contributed by atoms with Crippen molar-refractivity contribution in [1.29, 1.82) is 0 Å². The number of halogens is 9. The fraction of sp³-hybridized carbons (Fsp3) is 0.500. The molecule has 0 aliphatic carbocycles. The highest BCUT2D eigenvalue weighted by Gasteiger charge is 2.51. The third-order valence-corrected chi connectivity index (χ3v) is 2.25. The standard InChI is InChI=1S/C10H6F9NO5/c1-2(3(5(21)22)20-6(23)9(14,15)16)4(8(11,12)13)25-7(24)10(17,18)19/h4H,1H3,(H,20,23)(H,21,22)/b3-2+/t4-/m1/s1. The minimum atomic E-state index is -5.90. The van der Waals surface area contributed by atoms with Crippen molar-refractivity contribution in [3.05, 3.63) is 11.3 Å². The Balaban J connectivity index is 6.01. The Hall–Kier alpha value is -2.48. The largest absolute Gasteiger partial charge is 0.490 e. The van der Waals surface area contributed by atoms with Gasteiger partial charge in [0.2, 0.25) is 6.10 Å². The topological polar surface area (TPSA) is 92.7 Å². The highest BCUT2D eigenvalue weighted by Crippen LogP contribution is 2.32. The lowest BCUT2D eigenvalue weighted by molar-refractivity contribution is -0.237. The average Bonchev–Trinajstić information content (AvgIpc) is 2.36. The number of esters is 1. The molecule has 0 aliphatic rings. The molecule has 0 radical (unpaired) electrons. The van der Waals surface area contributed by atoms with E-state index in [-0.39, 0.29) is 6.92 Å². The van der Waals surface area contributed by atoms with Crippen molar-refractivity contribution in [2.75, 3.05) is 0 Å². The van der Waals surface area contributed by atoms with Gasteiger partial charge in [0.1, 0.15) is 5.70 Å². The number of carbonyl (C=O) groups is 3. The Labute approximate surface area is 131 Å². The van der Waals surface area contributed by atoms with Gasteiger partial charge in [-0.25, -0.2) is 9.59 Å². The van der Waals surface area contributed by atoms with E-state index in [1.54, 1.807) is 0 Å². The van der Waals surface area contributed by atoms with Crippen LogP contribution in [0.15, 0.2) is 11.3 Å². The maximum atomic E-state index is 12.7. The maximum Gasteiger partial charge on any atom is 0.490 e. The van der Waals surface area contributed by atoms with Gasteiger partial charge in [0, 0.05) is 5.57 Å². The second-order valence-electron chi connectivity index (χ2n) is 4.14. The van der Waals surface area contributed by atoms with Crippen molar-refractivity contribution in [1.82, 2.24) is 5.32 Å². The number of nitrogens with one attached hydrogen (secondary N) is 1. The Morgan fingerprint density at radius 3 is 1.64 bits per heavy atom. The van der Waals surface area contributed by atoms with Crippen molar-refractivity contribution >= 4 is 17.8 Å².